The van der Waals surface area contributed by atoms with E-state index >= 15 is 0 Å². The number of nitrogens with zero attached hydrogens (tertiary/aromatic N) is 2. The van der Waals surface area contributed by atoms with Gasteiger partial charge in [0.25, 0.3) is 5.56 Å². The van der Waals surface area contributed by atoms with Crippen molar-refractivity contribution in [2.75, 3.05) is 18.2 Å². The van der Waals surface area contributed by atoms with E-state index in [1.807, 2.05) is 6.92 Å². The predicted molar refractivity (Wildman–Crippen MR) is 138 cm³/mol. The van der Waals surface area contributed by atoms with E-state index < -0.39 is 5.97 Å². The van der Waals surface area contributed by atoms with Crippen LogP contribution in [-0.2, 0) is 41.8 Å². The molecular weight excluding hydrogens is 490 g/mol. The van der Waals surface area contributed by atoms with E-state index in [2.05, 4.69) is 5.32 Å². The molecule has 1 amide bonds. The summed E-state index contributed by atoms with van der Waals surface area (Å²) in [6, 6.07) is 0. The number of thioether (sulfide) groups is 1. The average Bonchev–Trinajstić information content (AvgIpc) is 3.51. The molecule has 0 saturated carbocycles. The second-order valence-corrected chi connectivity index (χ2v) is 11.8. The lowest BCUT2D eigenvalue weighted by atomic mass is 9.97. The SMILES string of the molecule is CCCn1c(SCC(=O)Nc2sc3c(c2C(=O)OC)CCC3)nc2sc3c(c2c1=O)CCCC3. The van der Waals surface area contributed by atoms with Crippen molar-refractivity contribution in [3.8, 4) is 0 Å². The minimum absolute atomic E-state index is 0.0109. The number of amides is 1. The van der Waals surface area contributed by atoms with Crippen LogP contribution in [0.1, 0.15) is 63.8 Å². The minimum Gasteiger partial charge on any atom is -0.465 e. The van der Waals surface area contributed by atoms with Crippen LogP contribution >= 0.6 is 34.4 Å². The van der Waals surface area contributed by atoms with Crippen LogP contribution in [-0.4, -0.2) is 34.3 Å². The van der Waals surface area contributed by atoms with E-state index in [0.29, 0.717) is 22.3 Å². The van der Waals surface area contributed by atoms with Gasteiger partial charge in [-0.15, -0.1) is 22.7 Å². The number of rotatable bonds is 7. The van der Waals surface area contributed by atoms with Gasteiger partial charge in [-0.2, -0.15) is 0 Å². The molecule has 0 spiro atoms. The fourth-order valence-corrected chi connectivity index (χ4v) is 8.28. The van der Waals surface area contributed by atoms with Gasteiger partial charge in [-0.05, 0) is 62.5 Å². The van der Waals surface area contributed by atoms with Crippen molar-refractivity contribution in [1.29, 1.82) is 0 Å². The molecule has 0 aliphatic heterocycles. The molecule has 0 saturated heterocycles. The Hall–Kier alpha value is -2.17. The first-order valence-electron chi connectivity index (χ1n) is 11.7. The fraction of sp³-hybridized carbons (Fsp3) is 0.500. The van der Waals surface area contributed by atoms with Crippen molar-refractivity contribution < 1.29 is 14.3 Å². The van der Waals surface area contributed by atoms with E-state index in [1.165, 1.54) is 40.6 Å². The zero-order chi connectivity index (χ0) is 23.8. The number of nitrogens with one attached hydrogen (secondary N) is 1. The first kappa shape index (κ1) is 23.6. The summed E-state index contributed by atoms with van der Waals surface area (Å²) < 4.78 is 6.69. The van der Waals surface area contributed by atoms with Gasteiger partial charge in [0, 0.05) is 16.3 Å². The third kappa shape index (κ3) is 4.20. The highest BCUT2D eigenvalue weighted by Crippen LogP contribution is 2.40. The molecule has 0 aromatic carbocycles. The second kappa shape index (κ2) is 9.83. The van der Waals surface area contributed by atoms with Gasteiger partial charge in [0.15, 0.2) is 5.16 Å². The van der Waals surface area contributed by atoms with Crippen LogP contribution in [0, 0.1) is 0 Å². The van der Waals surface area contributed by atoms with Crippen LogP contribution in [0.3, 0.4) is 0 Å². The lowest BCUT2D eigenvalue weighted by Gasteiger charge is -2.13. The van der Waals surface area contributed by atoms with E-state index in [1.54, 1.807) is 15.9 Å². The maximum atomic E-state index is 13.4. The summed E-state index contributed by atoms with van der Waals surface area (Å²) in [6.07, 6.45) is 7.81. The van der Waals surface area contributed by atoms with Crippen LogP contribution in [0.25, 0.3) is 10.2 Å². The van der Waals surface area contributed by atoms with Crippen LogP contribution in [0.2, 0.25) is 0 Å². The number of hydrogen-bond donors (Lipinski definition) is 1. The highest BCUT2D eigenvalue weighted by molar-refractivity contribution is 7.99. The van der Waals surface area contributed by atoms with E-state index in [4.69, 9.17) is 9.72 Å². The Morgan fingerprint density at radius 1 is 1.09 bits per heavy atom. The molecule has 7 nitrogen and oxygen atoms in total. The zero-order valence-corrected chi connectivity index (χ0v) is 21.8. The molecule has 0 unspecified atom stereocenters. The number of aromatic nitrogens is 2. The molecular formula is C24H27N3O4S3. The van der Waals surface area contributed by atoms with E-state index in [-0.39, 0.29) is 17.2 Å². The number of anilines is 1. The summed E-state index contributed by atoms with van der Waals surface area (Å²) in [6.45, 7) is 2.60. The Morgan fingerprint density at radius 2 is 1.82 bits per heavy atom. The standard InChI is InChI=1S/C24H27N3O4S3/c1-3-11-27-22(29)18-13-7-4-5-9-15(13)33-20(18)26-24(27)32-12-17(28)25-21-19(23(30)31-2)14-8-6-10-16(14)34-21/h3-12H2,1-2H3,(H,25,28). The van der Waals surface area contributed by atoms with Crippen LogP contribution in [0.4, 0.5) is 5.00 Å². The van der Waals surface area contributed by atoms with Gasteiger partial charge in [-0.25, -0.2) is 9.78 Å². The van der Waals surface area contributed by atoms with Gasteiger partial charge in [-0.3, -0.25) is 14.2 Å². The lowest BCUT2D eigenvalue weighted by molar-refractivity contribution is -0.113. The summed E-state index contributed by atoms with van der Waals surface area (Å²) in [4.78, 5) is 46.7. The van der Waals surface area contributed by atoms with Crippen LogP contribution < -0.4 is 10.9 Å². The van der Waals surface area contributed by atoms with Crippen molar-refractivity contribution in [3.63, 3.8) is 0 Å². The van der Waals surface area contributed by atoms with Crippen LogP contribution in [0.5, 0.6) is 0 Å². The smallest absolute Gasteiger partial charge is 0.341 e. The maximum absolute atomic E-state index is 13.4. The molecule has 0 radical (unpaired) electrons. The van der Waals surface area contributed by atoms with Crippen LogP contribution in [0.15, 0.2) is 9.95 Å². The molecule has 0 fully saturated rings. The third-order valence-corrected chi connectivity index (χ3v) is 9.75. The van der Waals surface area contributed by atoms with Gasteiger partial charge >= 0.3 is 5.97 Å². The molecule has 5 rings (SSSR count). The van der Waals surface area contributed by atoms with Crippen molar-refractivity contribution in [2.24, 2.45) is 0 Å². The molecule has 0 atom stereocenters. The fourth-order valence-electron chi connectivity index (χ4n) is 4.85. The summed E-state index contributed by atoms with van der Waals surface area (Å²) in [5.41, 5.74) is 2.69. The first-order valence-corrected chi connectivity index (χ1v) is 14.3. The number of hydrogen-bond acceptors (Lipinski definition) is 8. The second-order valence-electron chi connectivity index (χ2n) is 8.63. The number of ether oxygens (including phenoxy) is 1. The summed E-state index contributed by atoms with van der Waals surface area (Å²) >= 11 is 4.36. The average molecular weight is 518 g/mol. The quantitative estimate of drug-likeness (QED) is 0.275. The number of carbonyl (C=O) groups is 2. The molecule has 2 aliphatic rings. The summed E-state index contributed by atoms with van der Waals surface area (Å²) in [5.74, 6) is -0.526. The highest BCUT2D eigenvalue weighted by atomic mass is 32.2. The number of esters is 1. The third-order valence-electron chi connectivity index (χ3n) is 6.38. The van der Waals surface area contributed by atoms with E-state index in [0.717, 1.165) is 72.0 Å². The van der Waals surface area contributed by atoms with Crippen molar-refractivity contribution in [2.45, 2.75) is 70.0 Å². The molecule has 1 N–H and O–H groups in total. The van der Waals surface area contributed by atoms with Gasteiger partial charge in [0.2, 0.25) is 5.91 Å². The highest BCUT2D eigenvalue weighted by Gasteiger charge is 2.28. The molecule has 0 bridgehead atoms. The minimum atomic E-state index is -0.409. The predicted octanol–water partition coefficient (Wildman–Crippen LogP) is 4.81. The molecule has 180 valence electrons. The monoisotopic (exact) mass is 517 g/mol. The Balaban J connectivity index is 1.39. The summed E-state index contributed by atoms with van der Waals surface area (Å²) in [5, 5.41) is 4.83. The van der Waals surface area contributed by atoms with E-state index in [9.17, 15) is 14.4 Å². The lowest BCUT2D eigenvalue weighted by Crippen LogP contribution is -2.24. The molecule has 3 heterocycles. The maximum Gasteiger partial charge on any atom is 0.341 e. The van der Waals surface area contributed by atoms with Gasteiger partial charge < -0.3 is 10.1 Å². The van der Waals surface area contributed by atoms with Crippen molar-refractivity contribution in [1.82, 2.24) is 9.55 Å². The largest absolute Gasteiger partial charge is 0.465 e. The van der Waals surface area contributed by atoms with Gasteiger partial charge in [0.1, 0.15) is 9.83 Å². The van der Waals surface area contributed by atoms with Crippen molar-refractivity contribution >= 4 is 61.5 Å². The molecule has 34 heavy (non-hydrogen) atoms. The zero-order valence-electron chi connectivity index (χ0n) is 19.3. The Bertz CT molecular complexity index is 1340. The Morgan fingerprint density at radius 3 is 2.62 bits per heavy atom. The molecule has 3 aromatic heterocycles. The molecule has 3 aromatic rings. The normalized spacial score (nSPS) is 14.8. The Labute approximate surface area is 209 Å². The Kier molecular flexibility index (Phi) is 6.81. The number of methoxy groups -OCH3 is 1. The molecule has 2 aliphatic carbocycles. The molecule has 10 heteroatoms. The van der Waals surface area contributed by atoms with Gasteiger partial charge in [0.05, 0.1) is 23.8 Å². The number of fused-ring (bicyclic) bond motifs is 4. The summed E-state index contributed by atoms with van der Waals surface area (Å²) in [7, 11) is 1.36. The van der Waals surface area contributed by atoms with Gasteiger partial charge in [-0.1, -0.05) is 18.7 Å². The topological polar surface area (TPSA) is 90.3 Å². The number of carbonyl (C=O) groups excluding carboxylic acids is 2. The van der Waals surface area contributed by atoms with Crippen molar-refractivity contribution in [3.05, 3.63) is 36.8 Å². The number of thiophene rings is 2. The first-order chi connectivity index (χ1) is 16.5. The number of aryl methyl sites for hydroxylation is 3.